The third kappa shape index (κ3) is 4.19. The van der Waals surface area contributed by atoms with E-state index < -0.39 is 35.7 Å². The second-order valence-corrected chi connectivity index (χ2v) is 5.69. The van der Waals surface area contributed by atoms with Crippen molar-refractivity contribution in [2.45, 2.75) is 45.1 Å². The number of carboxylic acids is 2. The second-order valence-electron chi connectivity index (χ2n) is 5.69. The third-order valence-electron chi connectivity index (χ3n) is 4.02. The molecular weight excluding hydrogens is 264 g/mol. The first-order valence-corrected chi connectivity index (χ1v) is 6.75. The van der Waals surface area contributed by atoms with Gasteiger partial charge in [0, 0.05) is 6.54 Å². The molecule has 0 aliphatic heterocycles. The molecule has 20 heavy (non-hydrogen) atoms. The van der Waals surface area contributed by atoms with Crippen LogP contribution in [0.3, 0.4) is 0 Å². The lowest BCUT2D eigenvalue weighted by Crippen LogP contribution is -2.49. The van der Waals surface area contributed by atoms with Crippen molar-refractivity contribution in [3.63, 3.8) is 0 Å². The molecule has 0 aromatic carbocycles. The van der Waals surface area contributed by atoms with Gasteiger partial charge in [0.15, 0.2) is 0 Å². The van der Waals surface area contributed by atoms with Gasteiger partial charge in [-0.1, -0.05) is 6.92 Å². The van der Waals surface area contributed by atoms with Crippen molar-refractivity contribution >= 4 is 17.8 Å². The van der Waals surface area contributed by atoms with Crippen molar-refractivity contribution in [1.82, 2.24) is 5.32 Å². The molecule has 0 radical (unpaired) electrons. The number of hydrogen-bond donors (Lipinski definition) is 4. The summed E-state index contributed by atoms with van der Waals surface area (Å²) in [6, 6.07) is -1.15. The van der Waals surface area contributed by atoms with Crippen LogP contribution in [0.1, 0.15) is 39.0 Å². The van der Waals surface area contributed by atoms with Gasteiger partial charge in [0.2, 0.25) is 5.91 Å². The molecule has 0 saturated heterocycles. The van der Waals surface area contributed by atoms with Crippen molar-refractivity contribution < 1.29 is 24.6 Å². The van der Waals surface area contributed by atoms with Crippen LogP contribution in [0.5, 0.6) is 0 Å². The second kappa shape index (κ2) is 6.69. The fourth-order valence-electron chi connectivity index (χ4n) is 2.45. The molecule has 1 fully saturated rings. The van der Waals surface area contributed by atoms with E-state index in [0.29, 0.717) is 18.8 Å². The average molecular weight is 286 g/mol. The van der Waals surface area contributed by atoms with E-state index in [9.17, 15) is 19.5 Å². The zero-order chi connectivity index (χ0) is 15.3. The van der Waals surface area contributed by atoms with Gasteiger partial charge in [-0.2, -0.15) is 0 Å². The monoisotopic (exact) mass is 286 g/mol. The molecule has 0 aromatic heterocycles. The van der Waals surface area contributed by atoms with Crippen molar-refractivity contribution in [1.29, 1.82) is 0 Å². The van der Waals surface area contributed by atoms with E-state index in [1.807, 2.05) is 0 Å². The van der Waals surface area contributed by atoms with Gasteiger partial charge in [0.05, 0.1) is 17.9 Å². The van der Waals surface area contributed by atoms with Crippen molar-refractivity contribution in [2.75, 3.05) is 6.54 Å². The maximum Gasteiger partial charge on any atom is 0.311 e. The highest BCUT2D eigenvalue weighted by Crippen LogP contribution is 2.38. The molecule has 7 nitrogen and oxygen atoms in total. The number of hydrogen-bond acceptors (Lipinski definition) is 4. The SMILES string of the molecule is CC1CCC(CNC(=O)C(N)CC(=O)O)(C(=O)O)CC1. The Hall–Kier alpha value is -1.63. The van der Waals surface area contributed by atoms with Crippen molar-refractivity contribution in [3.8, 4) is 0 Å². The van der Waals surface area contributed by atoms with Gasteiger partial charge < -0.3 is 21.3 Å². The maximum absolute atomic E-state index is 11.7. The molecule has 1 rings (SSSR count). The highest BCUT2D eigenvalue weighted by atomic mass is 16.4. The minimum Gasteiger partial charge on any atom is -0.481 e. The first-order valence-electron chi connectivity index (χ1n) is 6.75. The zero-order valence-electron chi connectivity index (χ0n) is 11.6. The van der Waals surface area contributed by atoms with Crippen LogP contribution < -0.4 is 11.1 Å². The molecule has 114 valence electrons. The minimum atomic E-state index is -1.16. The Morgan fingerprint density at radius 2 is 1.85 bits per heavy atom. The number of amides is 1. The predicted octanol–water partition coefficient (Wildman–Crippen LogP) is 0.186. The quantitative estimate of drug-likeness (QED) is 0.551. The van der Waals surface area contributed by atoms with Gasteiger partial charge in [-0.25, -0.2) is 0 Å². The number of carbonyl (C=O) groups is 3. The molecule has 5 N–H and O–H groups in total. The molecule has 1 unspecified atom stereocenters. The average Bonchev–Trinajstić information content (AvgIpc) is 2.37. The number of nitrogens with two attached hydrogens (primary N) is 1. The lowest BCUT2D eigenvalue weighted by atomic mass is 9.71. The first-order chi connectivity index (χ1) is 9.27. The maximum atomic E-state index is 11.7. The molecule has 1 atom stereocenters. The van der Waals surface area contributed by atoms with Crippen LogP contribution >= 0.6 is 0 Å². The van der Waals surface area contributed by atoms with Crippen LogP contribution in [0.4, 0.5) is 0 Å². The van der Waals surface area contributed by atoms with E-state index in [1.54, 1.807) is 0 Å². The Morgan fingerprint density at radius 1 is 1.30 bits per heavy atom. The van der Waals surface area contributed by atoms with E-state index in [2.05, 4.69) is 12.2 Å². The van der Waals surface area contributed by atoms with Crippen molar-refractivity contribution in [3.05, 3.63) is 0 Å². The molecular formula is C13H22N2O5. The minimum absolute atomic E-state index is 0.00120. The molecule has 0 aromatic rings. The molecule has 1 aliphatic rings. The summed E-state index contributed by atoms with van der Waals surface area (Å²) in [6.07, 6.45) is 2.17. The van der Waals surface area contributed by atoms with Gasteiger partial charge in [-0.05, 0) is 31.6 Å². The Kier molecular flexibility index (Phi) is 5.50. The molecule has 0 bridgehead atoms. The van der Waals surface area contributed by atoms with Gasteiger partial charge in [-0.15, -0.1) is 0 Å². The predicted molar refractivity (Wildman–Crippen MR) is 70.9 cm³/mol. The largest absolute Gasteiger partial charge is 0.481 e. The third-order valence-corrected chi connectivity index (χ3v) is 4.02. The fourth-order valence-corrected chi connectivity index (χ4v) is 2.45. The highest BCUT2D eigenvalue weighted by molar-refractivity contribution is 5.86. The van der Waals surface area contributed by atoms with E-state index in [1.165, 1.54) is 0 Å². The Morgan fingerprint density at radius 3 is 2.30 bits per heavy atom. The number of aliphatic carboxylic acids is 2. The Balaban J connectivity index is 2.58. The standard InChI is InChI=1S/C13H22N2O5/c1-8-2-4-13(5-3-8,12(19)20)7-15-11(18)9(14)6-10(16)17/h8-9H,2-7,14H2,1H3,(H,15,18)(H,16,17)(H,19,20). The molecule has 0 heterocycles. The van der Waals surface area contributed by atoms with Gasteiger partial charge in [-0.3, -0.25) is 14.4 Å². The van der Waals surface area contributed by atoms with Crippen LogP contribution in [0.25, 0.3) is 0 Å². The van der Waals surface area contributed by atoms with Gasteiger partial charge >= 0.3 is 11.9 Å². The number of nitrogens with one attached hydrogen (secondary N) is 1. The Bertz CT molecular complexity index is 388. The van der Waals surface area contributed by atoms with Crippen LogP contribution in [-0.2, 0) is 14.4 Å². The van der Waals surface area contributed by atoms with E-state index in [0.717, 1.165) is 12.8 Å². The lowest BCUT2D eigenvalue weighted by molar-refractivity contribution is -0.151. The molecule has 0 spiro atoms. The van der Waals surface area contributed by atoms with E-state index >= 15 is 0 Å². The van der Waals surface area contributed by atoms with Crippen LogP contribution in [0.15, 0.2) is 0 Å². The summed E-state index contributed by atoms with van der Waals surface area (Å²) in [5, 5.41) is 20.4. The summed E-state index contributed by atoms with van der Waals surface area (Å²) in [6.45, 7) is 2.08. The summed E-state index contributed by atoms with van der Waals surface area (Å²) in [7, 11) is 0. The summed E-state index contributed by atoms with van der Waals surface area (Å²) in [4.78, 5) is 33.6. The van der Waals surface area contributed by atoms with Crippen LogP contribution in [0.2, 0.25) is 0 Å². The molecule has 1 saturated carbocycles. The number of rotatable bonds is 6. The Labute approximate surface area is 117 Å². The lowest BCUT2D eigenvalue weighted by Gasteiger charge is -2.36. The van der Waals surface area contributed by atoms with Crippen molar-refractivity contribution in [2.24, 2.45) is 17.1 Å². The smallest absolute Gasteiger partial charge is 0.311 e. The van der Waals surface area contributed by atoms with Crippen LogP contribution in [0, 0.1) is 11.3 Å². The normalized spacial score (nSPS) is 27.6. The highest BCUT2D eigenvalue weighted by Gasteiger charge is 2.41. The topological polar surface area (TPSA) is 130 Å². The first kappa shape index (κ1) is 16.4. The molecule has 1 amide bonds. The molecule has 1 aliphatic carbocycles. The van der Waals surface area contributed by atoms with Gasteiger partial charge in [0.25, 0.3) is 0 Å². The van der Waals surface area contributed by atoms with E-state index in [4.69, 9.17) is 10.8 Å². The number of carbonyl (C=O) groups excluding carboxylic acids is 1. The van der Waals surface area contributed by atoms with Gasteiger partial charge in [0.1, 0.15) is 0 Å². The number of carboxylic acid groups (broad SMARTS) is 2. The van der Waals surface area contributed by atoms with Crippen LogP contribution in [-0.4, -0.2) is 40.6 Å². The fraction of sp³-hybridized carbons (Fsp3) is 0.769. The summed E-state index contributed by atoms with van der Waals surface area (Å²) >= 11 is 0. The zero-order valence-corrected chi connectivity index (χ0v) is 11.6. The molecule has 7 heteroatoms. The summed E-state index contributed by atoms with van der Waals surface area (Å²) < 4.78 is 0. The summed E-state index contributed by atoms with van der Waals surface area (Å²) in [5.74, 6) is -2.21. The summed E-state index contributed by atoms with van der Waals surface area (Å²) in [5.41, 5.74) is 4.48. The van der Waals surface area contributed by atoms with E-state index in [-0.39, 0.29) is 6.54 Å².